The Morgan fingerprint density at radius 1 is 1.12 bits per heavy atom. The molecule has 0 aliphatic carbocycles. The zero-order valence-electron chi connectivity index (χ0n) is 13.8. The summed E-state index contributed by atoms with van der Waals surface area (Å²) in [5.74, 6) is 0.452. The second kappa shape index (κ2) is 6.86. The van der Waals surface area contributed by atoms with Gasteiger partial charge in [-0.05, 0) is 31.9 Å². The van der Waals surface area contributed by atoms with Crippen molar-refractivity contribution in [3.8, 4) is 5.88 Å². The monoisotopic (exact) mass is 347 g/mol. The topological polar surface area (TPSA) is 72.4 Å². The highest BCUT2D eigenvalue weighted by Gasteiger charge is 2.32. The molecule has 0 spiro atoms. The van der Waals surface area contributed by atoms with Crippen molar-refractivity contribution in [2.75, 3.05) is 13.1 Å². The fourth-order valence-electron chi connectivity index (χ4n) is 2.65. The van der Waals surface area contributed by atoms with Crippen molar-refractivity contribution in [3.63, 3.8) is 0 Å². The van der Waals surface area contributed by atoms with Gasteiger partial charge in [0.05, 0.1) is 18.0 Å². The SMILES string of the molecule is Cc1ccc(CS(=O)(=O)N2CCC(Oc3ccc(C)nn3)C2)cc1. The van der Waals surface area contributed by atoms with Crippen LogP contribution in [0.15, 0.2) is 36.4 Å². The molecule has 1 saturated heterocycles. The fraction of sp³-hybridized carbons (Fsp3) is 0.412. The Kier molecular flexibility index (Phi) is 4.82. The highest BCUT2D eigenvalue weighted by atomic mass is 32.2. The molecule has 1 fully saturated rings. The maximum Gasteiger partial charge on any atom is 0.233 e. The van der Waals surface area contributed by atoms with Gasteiger partial charge in [-0.2, -0.15) is 9.40 Å². The molecule has 1 aromatic heterocycles. The van der Waals surface area contributed by atoms with Crippen molar-refractivity contribution in [3.05, 3.63) is 53.2 Å². The number of hydrogen-bond acceptors (Lipinski definition) is 5. The third kappa shape index (κ3) is 4.10. The molecule has 0 N–H and O–H groups in total. The number of hydrogen-bond donors (Lipinski definition) is 0. The lowest BCUT2D eigenvalue weighted by Gasteiger charge is -2.17. The van der Waals surface area contributed by atoms with Crippen molar-refractivity contribution in [2.45, 2.75) is 32.1 Å². The molecule has 7 heteroatoms. The van der Waals surface area contributed by atoms with Gasteiger partial charge in [0.15, 0.2) is 0 Å². The van der Waals surface area contributed by atoms with Crippen LogP contribution in [-0.2, 0) is 15.8 Å². The molecule has 3 rings (SSSR count). The molecular weight excluding hydrogens is 326 g/mol. The average molecular weight is 347 g/mol. The van der Waals surface area contributed by atoms with Crippen molar-refractivity contribution in [1.29, 1.82) is 0 Å². The maximum absolute atomic E-state index is 12.6. The van der Waals surface area contributed by atoms with Crippen LogP contribution >= 0.6 is 0 Å². The third-order valence-corrected chi connectivity index (χ3v) is 5.85. The summed E-state index contributed by atoms with van der Waals surface area (Å²) < 4.78 is 32.4. The van der Waals surface area contributed by atoms with Crippen LogP contribution in [0.4, 0.5) is 0 Å². The number of benzene rings is 1. The number of rotatable bonds is 5. The summed E-state index contributed by atoms with van der Waals surface area (Å²) in [6.45, 7) is 4.66. The Morgan fingerprint density at radius 2 is 1.88 bits per heavy atom. The summed E-state index contributed by atoms with van der Waals surface area (Å²) in [5, 5.41) is 7.91. The molecule has 1 aliphatic rings. The molecule has 0 saturated carbocycles. The molecule has 6 nitrogen and oxygen atoms in total. The highest BCUT2D eigenvalue weighted by molar-refractivity contribution is 7.88. The normalized spacial score (nSPS) is 18.7. The van der Waals surface area contributed by atoms with Crippen LogP contribution in [-0.4, -0.2) is 42.1 Å². The molecule has 0 bridgehead atoms. The zero-order chi connectivity index (χ0) is 17.2. The summed E-state index contributed by atoms with van der Waals surface area (Å²) in [4.78, 5) is 0. The molecule has 2 heterocycles. The Labute approximate surface area is 142 Å². The second-order valence-electron chi connectivity index (χ2n) is 6.14. The lowest BCUT2D eigenvalue weighted by Crippen LogP contribution is -2.32. The molecule has 0 radical (unpaired) electrons. The first-order valence-electron chi connectivity index (χ1n) is 7.93. The maximum atomic E-state index is 12.6. The second-order valence-corrected chi connectivity index (χ2v) is 8.11. The Morgan fingerprint density at radius 3 is 2.54 bits per heavy atom. The van der Waals surface area contributed by atoms with Crippen LogP contribution in [0.25, 0.3) is 0 Å². The molecule has 128 valence electrons. The van der Waals surface area contributed by atoms with Gasteiger partial charge in [-0.3, -0.25) is 0 Å². The number of nitrogens with zero attached hydrogens (tertiary/aromatic N) is 3. The summed E-state index contributed by atoms with van der Waals surface area (Å²) in [7, 11) is -3.34. The van der Waals surface area contributed by atoms with Gasteiger partial charge < -0.3 is 4.74 Å². The van der Waals surface area contributed by atoms with E-state index in [0.29, 0.717) is 25.4 Å². The van der Waals surface area contributed by atoms with Gasteiger partial charge in [-0.15, -0.1) is 5.10 Å². The first-order chi connectivity index (χ1) is 11.4. The van der Waals surface area contributed by atoms with Crippen molar-refractivity contribution >= 4 is 10.0 Å². The van der Waals surface area contributed by atoms with Crippen LogP contribution in [0.2, 0.25) is 0 Å². The summed E-state index contributed by atoms with van der Waals surface area (Å²) in [6.07, 6.45) is 0.470. The Balaban J connectivity index is 1.61. The minimum absolute atomic E-state index is 0.0182. The molecule has 2 aromatic rings. The largest absolute Gasteiger partial charge is 0.472 e. The van der Waals surface area contributed by atoms with Crippen molar-refractivity contribution < 1.29 is 13.2 Å². The van der Waals surface area contributed by atoms with Gasteiger partial charge in [0, 0.05) is 12.6 Å². The van der Waals surface area contributed by atoms with Crippen LogP contribution in [0.5, 0.6) is 5.88 Å². The molecule has 1 atom stereocenters. The zero-order valence-corrected chi connectivity index (χ0v) is 14.7. The number of ether oxygens (including phenoxy) is 1. The van der Waals surface area contributed by atoms with E-state index in [-0.39, 0.29) is 11.9 Å². The quantitative estimate of drug-likeness (QED) is 0.828. The van der Waals surface area contributed by atoms with Gasteiger partial charge in [0.2, 0.25) is 15.9 Å². The van der Waals surface area contributed by atoms with E-state index >= 15 is 0 Å². The third-order valence-electron chi connectivity index (χ3n) is 4.03. The first-order valence-corrected chi connectivity index (χ1v) is 9.54. The minimum atomic E-state index is -3.34. The van der Waals surface area contributed by atoms with E-state index in [1.807, 2.05) is 44.2 Å². The fourth-order valence-corrected chi connectivity index (χ4v) is 4.23. The first kappa shape index (κ1) is 16.9. The van der Waals surface area contributed by atoms with Gasteiger partial charge in [0.25, 0.3) is 0 Å². The summed E-state index contributed by atoms with van der Waals surface area (Å²) in [6, 6.07) is 11.2. The molecule has 1 aromatic carbocycles. The van der Waals surface area contributed by atoms with E-state index in [9.17, 15) is 8.42 Å². The lowest BCUT2D eigenvalue weighted by atomic mass is 10.2. The van der Waals surface area contributed by atoms with E-state index in [1.165, 1.54) is 4.31 Å². The minimum Gasteiger partial charge on any atom is -0.472 e. The summed E-state index contributed by atoms with van der Waals surface area (Å²) >= 11 is 0. The van der Waals surface area contributed by atoms with E-state index in [4.69, 9.17) is 4.74 Å². The number of aromatic nitrogens is 2. The van der Waals surface area contributed by atoms with Crippen LogP contribution < -0.4 is 4.74 Å². The van der Waals surface area contributed by atoms with Gasteiger partial charge in [-0.25, -0.2) is 8.42 Å². The van der Waals surface area contributed by atoms with Crippen LogP contribution in [0.1, 0.15) is 23.2 Å². The Bertz CT molecular complexity index is 789. The van der Waals surface area contributed by atoms with Gasteiger partial charge in [-0.1, -0.05) is 29.8 Å². The van der Waals surface area contributed by atoms with Crippen LogP contribution in [0.3, 0.4) is 0 Å². The van der Waals surface area contributed by atoms with E-state index in [2.05, 4.69) is 10.2 Å². The van der Waals surface area contributed by atoms with Crippen molar-refractivity contribution in [2.24, 2.45) is 0 Å². The van der Waals surface area contributed by atoms with E-state index in [1.54, 1.807) is 6.07 Å². The standard InChI is InChI=1S/C17H21N3O3S/c1-13-3-6-15(7-4-13)12-24(21,22)20-10-9-16(11-20)23-17-8-5-14(2)18-19-17/h3-8,16H,9-12H2,1-2H3. The molecule has 1 unspecified atom stereocenters. The Hall–Kier alpha value is -1.99. The number of sulfonamides is 1. The lowest BCUT2D eigenvalue weighted by molar-refractivity contribution is 0.204. The predicted octanol–water partition coefficient (Wildman–Crippen LogP) is 2.08. The van der Waals surface area contributed by atoms with Gasteiger partial charge >= 0.3 is 0 Å². The number of aryl methyl sites for hydroxylation is 2. The summed E-state index contributed by atoms with van der Waals surface area (Å²) in [5.41, 5.74) is 2.73. The smallest absolute Gasteiger partial charge is 0.233 e. The van der Waals surface area contributed by atoms with Crippen LogP contribution in [0, 0.1) is 13.8 Å². The predicted molar refractivity (Wildman–Crippen MR) is 91.2 cm³/mol. The highest BCUT2D eigenvalue weighted by Crippen LogP contribution is 2.21. The average Bonchev–Trinajstić information content (AvgIpc) is 3.01. The van der Waals surface area contributed by atoms with E-state index in [0.717, 1.165) is 16.8 Å². The molecule has 24 heavy (non-hydrogen) atoms. The molecular formula is C17H21N3O3S. The molecule has 0 amide bonds. The van der Waals surface area contributed by atoms with Gasteiger partial charge in [0.1, 0.15) is 6.10 Å². The van der Waals surface area contributed by atoms with E-state index < -0.39 is 10.0 Å². The van der Waals surface area contributed by atoms with Crippen molar-refractivity contribution in [1.82, 2.24) is 14.5 Å². The molecule has 1 aliphatic heterocycles.